The molecule has 0 N–H and O–H groups in total. The first-order valence-corrected chi connectivity index (χ1v) is 9.29. The van der Waals surface area contributed by atoms with Crippen molar-refractivity contribution in [2.75, 3.05) is 25.4 Å². The summed E-state index contributed by atoms with van der Waals surface area (Å²) in [7, 11) is 0. The van der Waals surface area contributed by atoms with Crippen molar-refractivity contribution in [1.82, 2.24) is 0 Å². The summed E-state index contributed by atoms with van der Waals surface area (Å²) >= 11 is 5.32. The molecule has 18 heavy (non-hydrogen) atoms. The lowest BCUT2D eigenvalue weighted by Gasteiger charge is -2.36. The van der Waals surface area contributed by atoms with Gasteiger partial charge in [-0.1, -0.05) is 0 Å². The number of hydrogen-bond acceptors (Lipinski definition) is 5. The molecule has 0 saturated carbocycles. The van der Waals surface area contributed by atoms with Crippen LogP contribution in [-0.4, -0.2) is 31.7 Å². The van der Waals surface area contributed by atoms with Crippen LogP contribution in [0, 0.1) is 0 Å². The summed E-state index contributed by atoms with van der Waals surface area (Å²) < 4.78 is 5.78. The number of ether oxygens (including phenoxy) is 1. The molecule has 1 aromatic carbocycles. The van der Waals surface area contributed by atoms with Crippen molar-refractivity contribution < 1.29 is 9.53 Å². The molecule has 0 saturated heterocycles. The van der Waals surface area contributed by atoms with E-state index < -0.39 is 0 Å². The van der Waals surface area contributed by atoms with E-state index in [9.17, 15) is 4.79 Å². The third kappa shape index (κ3) is 2.28. The summed E-state index contributed by atoms with van der Waals surface area (Å²) in [5.41, 5.74) is 1.93. The molecule has 0 unspecified atom stereocenters. The Balaban J connectivity index is 2.60. The standard InChI is InChI=1S/C13H16O2S3/c1-16-12-7-10-11(6-9(12)8-14)15-5-4-13(10,17-2)18-3/h6-8H,4-5H2,1-3H3. The minimum absolute atomic E-state index is 0.0550. The smallest absolute Gasteiger partial charge is 0.151 e. The van der Waals surface area contributed by atoms with Gasteiger partial charge in [-0.3, -0.25) is 4.79 Å². The van der Waals surface area contributed by atoms with E-state index in [0.717, 1.165) is 28.9 Å². The highest BCUT2D eigenvalue weighted by atomic mass is 32.2. The van der Waals surface area contributed by atoms with Crippen LogP contribution < -0.4 is 4.74 Å². The van der Waals surface area contributed by atoms with Gasteiger partial charge >= 0.3 is 0 Å². The minimum atomic E-state index is 0.0550. The molecule has 0 radical (unpaired) electrons. The van der Waals surface area contributed by atoms with Crippen molar-refractivity contribution >= 4 is 41.6 Å². The summed E-state index contributed by atoms with van der Waals surface area (Å²) in [6.45, 7) is 0.714. The molecule has 5 heteroatoms. The number of carbonyl (C=O) groups excluding carboxylic acids is 1. The second-order valence-corrected chi connectivity index (χ2v) is 7.28. The number of rotatable bonds is 4. The molecule has 0 bridgehead atoms. The molecule has 1 aromatic rings. The number of hydrogen-bond donors (Lipinski definition) is 0. The van der Waals surface area contributed by atoms with Crippen molar-refractivity contribution in [3.05, 3.63) is 23.3 Å². The van der Waals surface area contributed by atoms with Crippen LogP contribution in [0.25, 0.3) is 0 Å². The third-order valence-electron chi connectivity index (χ3n) is 3.22. The van der Waals surface area contributed by atoms with Gasteiger partial charge in [-0.2, -0.15) is 0 Å². The van der Waals surface area contributed by atoms with Crippen molar-refractivity contribution in [2.45, 2.75) is 15.4 Å². The molecular formula is C13H16O2S3. The molecule has 0 amide bonds. The number of thioether (sulfide) groups is 3. The van der Waals surface area contributed by atoms with E-state index in [2.05, 4.69) is 18.6 Å². The maximum absolute atomic E-state index is 11.1. The second-order valence-electron chi connectivity index (χ2n) is 3.97. The number of aldehydes is 1. The number of carbonyl (C=O) groups is 1. The average Bonchev–Trinajstić information content (AvgIpc) is 2.44. The molecule has 1 aliphatic rings. The molecule has 0 aromatic heterocycles. The van der Waals surface area contributed by atoms with Gasteiger partial charge in [0.1, 0.15) is 5.75 Å². The number of benzene rings is 1. The maximum Gasteiger partial charge on any atom is 0.151 e. The van der Waals surface area contributed by atoms with E-state index in [1.165, 1.54) is 5.56 Å². The average molecular weight is 300 g/mol. The summed E-state index contributed by atoms with van der Waals surface area (Å²) in [5, 5.41) is 0. The van der Waals surface area contributed by atoms with Crippen LogP contribution in [0.1, 0.15) is 22.3 Å². The van der Waals surface area contributed by atoms with E-state index in [0.29, 0.717) is 6.61 Å². The molecule has 0 fully saturated rings. The van der Waals surface area contributed by atoms with E-state index in [4.69, 9.17) is 4.74 Å². The van der Waals surface area contributed by atoms with Gasteiger partial charge in [-0.25, -0.2) is 0 Å². The predicted molar refractivity (Wildman–Crippen MR) is 82.4 cm³/mol. The zero-order valence-corrected chi connectivity index (χ0v) is 13.1. The molecule has 0 atom stereocenters. The van der Waals surface area contributed by atoms with Crippen LogP contribution in [0.4, 0.5) is 0 Å². The summed E-state index contributed by atoms with van der Waals surface area (Å²) in [5.74, 6) is 0.866. The highest BCUT2D eigenvalue weighted by Crippen LogP contribution is 2.53. The van der Waals surface area contributed by atoms with Gasteiger partial charge in [0.15, 0.2) is 6.29 Å². The molecule has 1 heterocycles. The Kier molecular flexibility index (Phi) is 4.56. The van der Waals surface area contributed by atoms with Crippen LogP contribution in [0.15, 0.2) is 17.0 Å². The Labute approximate surface area is 121 Å². The van der Waals surface area contributed by atoms with Crippen LogP contribution in [0.2, 0.25) is 0 Å². The quantitative estimate of drug-likeness (QED) is 0.477. The monoisotopic (exact) mass is 300 g/mol. The normalized spacial score (nSPS) is 16.8. The molecular weight excluding hydrogens is 284 g/mol. The van der Waals surface area contributed by atoms with E-state index >= 15 is 0 Å². The molecule has 0 aliphatic carbocycles. The third-order valence-corrected chi connectivity index (χ3v) is 7.18. The van der Waals surface area contributed by atoms with Crippen molar-refractivity contribution in [3.8, 4) is 5.75 Å². The van der Waals surface area contributed by atoms with E-state index in [-0.39, 0.29) is 4.08 Å². The predicted octanol–water partition coefficient (Wildman–Crippen LogP) is 3.88. The first-order chi connectivity index (χ1) is 8.70. The van der Waals surface area contributed by atoms with Crippen molar-refractivity contribution in [3.63, 3.8) is 0 Å². The van der Waals surface area contributed by atoms with Crippen molar-refractivity contribution in [1.29, 1.82) is 0 Å². The van der Waals surface area contributed by atoms with Gasteiger partial charge < -0.3 is 4.74 Å². The highest BCUT2D eigenvalue weighted by molar-refractivity contribution is 8.16. The molecule has 98 valence electrons. The molecule has 0 spiro atoms. The Morgan fingerprint density at radius 2 is 2.00 bits per heavy atom. The van der Waals surface area contributed by atoms with Crippen molar-refractivity contribution in [2.24, 2.45) is 0 Å². The Morgan fingerprint density at radius 1 is 1.28 bits per heavy atom. The van der Waals surface area contributed by atoms with Gasteiger partial charge in [0.2, 0.25) is 0 Å². The number of fused-ring (bicyclic) bond motifs is 1. The van der Waals surface area contributed by atoms with Crippen LogP contribution in [-0.2, 0) is 4.08 Å². The Morgan fingerprint density at radius 3 is 2.56 bits per heavy atom. The van der Waals surface area contributed by atoms with Gasteiger partial charge in [-0.15, -0.1) is 35.3 Å². The zero-order chi connectivity index (χ0) is 13.2. The Hall–Kier alpha value is -0.260. The largest absolute Gasteiger partial charge is 0.493 e. The highest BCUT2D eigenvalue weighted by Gasteiger charge is 2.37. The second kappa shape index (κ2) is 5.80. The summed E-state index contributed by atoms with van der Waals surface area (Å²) in [6.07, 6.45) is 8.18. The molecule has 2 rings (SSSR count). The maximum atomic E-state index is 11.1. The lowest BCUT2D eigenvalue weighted by atomic mass is 10.0. The summed E-state index contributed by atoms with van der Waals surface area (Å²) in [4.78, 5) is 12.1. The molecule has 1 aliphatic heterocycles. The fourth-order valence-electron chi connectivity index (χ4n) is 2.20. The first kappa shape index (κ1) is 14.2. The lowest BCUT2D eigenvalue weighted by molar-refractivity contribution is 0.112. The van der Waals surface area contributed by atoms with Gasteiger partial charge in [0.05, 0.1) is 10.7 Å². The van der Waals surface area contributed by atoms with E-state index in [1.54, 1.807) is 11.8 Å². The topological polar surface area (TPSA) is 26.3 Å². The van der Waals surface area contributed by atoms with Crippen LogP contribution >= 0.6 is 35.3 Å². The Bertz CT molecular complexity index is 456. The summed E-state index contributed by atoms with van der Waals surface area (Å²) in [6, 6.07) is 4.00. The van der Waals surface area contributed by atoms with Gasteiger partial charge in [0.25, 0.3) is 0 Å². The van der Waals surface area contributed by atoms with Crippen LogP contribution in [0.5, 0.6) is 5.75 Å². The molecule has 2 nitrogen and oxygen atoms in total. The lowest BCUT2D eigenvalue weighted by Crippen LogP contribution is -2.26. The fourth-order valence-corrected chi connectivity index (χ4v) is 4.78. The van der Waals surface area contributed by atoms with E-state index in [1.807, 2.05) is 35.8 Å². The first-order valence-electron chi connectivity index (χ1n) is 5.61. The zero-order valence-electron chi connectivity index (χ0n) is 10.7. The van der Waals surface area contributed by atoms with Crippen LogP contribution in [0.3, 0.4) is 0 Å². The van der Waals surface area contributed by atoms with Gasteiger partial charge in [-0.05, 0) is 30.9 Å². The SMILES string of the molecule is CSc1cc2c(cc1C=O)OCCC2(SC)SC. The fraction of sp³-hybridized carbons (Fsp3) is 0.462. The van der Waals surface area contributed by atoms with Gasteiger partial charge in [0, 0.05) is 22.4 Å². The minimum Gasteiger partial charge on any atom is -0.493 e.